The van der Waals surface area contributed by atoms with Crippen LogP contribution in [0.2, 0.25) is 5.02 Å². The van der Waals surface area contributed by atoms with Gasteiger partial charge in [-0.3, -0.25) is 9.59 Å². The van der Waals surface area contributed by atoms with Crippen LogP contribution in [0, 0.1) is 0 Å². The van der Waals surface area contributed by atoms with E-state index in [1.807, 2.05) is 66.6 Å². The Balaban J connectivity index is 1.59. The number of hydrogen-bond donors (Lipinski definition) is 0. The molecule has 146 valence electrons. The highest BCUT2D eigenvalue weighted by Crippen LogP contribution is 2.29. The SMILES string of the molecule is CC(C)(C)OC(=O)Cn1ccc2cc(N3CCn4ccc(Cl)c4C3=O)ccc21. The maximum atomic E-state index is 12.9. The number of amides is 1. The third-order valence-corrected chi connectivity index (χ3v) is 5.02. The van der Waals surface area contributed by atoms with Gasteiger partial charge in [0, 0.05) is 42.1 Å². The second-order valence-electron chi connectivity index (χ2n) is 7.94. The molecule has 0 spiro atoms. The lowest BCUT2D eigenvalue weighted by Crippen LogP contribution is -2.40. The van der Waals surface area contributed by atoms with Gasteiger partial charge >= 0.3 is 5.97 Å². The number of ether oxygens (including phenoxy) is 1. The van der Waals surface area contributed by atoms with E-state index < -0.39 is 5.60 Å². The number of rotatable bonds is 3. The van der Waals surface area contributed by atoms with Gasteiger partial charge in [-0.2, -0.15) is 0 Å². The van der Waals surface area contributed by atoms with Crippen LogP contribution in [0.25, 0.3) is 10.9 Å². The van der Waals surface area contributed by atoms with Crippen molar-refractivity contribution in [2.75, 3.05) is 11.4 Å². The van der Waals surface area contributed by atoms with Crippen LogP contribution in [0.1, 0.15) is 31.3 Å². The van der Waals surface area contributed by atoms with E-state index in [1.165, 1.54) is 0 Å². The smallest absolute Gasteiger partial charge is 0.326 e. The fourth-order valence-electron chi connectivity index (χ4n) is 3.55. The first-order chi connectivity index (χ1) is 13.2. The van der Waals surface area contributed by atoms with Crippen molar-refractivity contribution in [1.29, 1.82) is 0 Å². The van der Waals surface area contributed by atoms with Crippen molar-refractivity contribution < 1.29 is 14.3 Å². The monoisotopic (exact) mass is 399 g/mol. The Morgan fingerprint density at radius 2 is 1.93 bits per heavy atom. The van der Waals surface area contributed by atoms with E-state index >= 15 is 0 Å². The number of benzene rings is 1. The molecule has 0 fully saturated rings. The summed E-state index contributed by atoms with van der Waals surface area (Å²) >= 11 is 6.18. The molecular weight excluding hydrogens is 378 g/mol. The molecule has 7 heteroatoms. The first-order valence-corrected chi connectivity index (χ1v) is 9.58. The van der Waals surface area contributed by atoms with Crippen LogP contribution >= 0.6 is 11.6 Å². The van der Waals surface area contributed by atoms with E-state index in [0.29, 0.717) is 23.8 Å². The van der Waals surface area contributed by atoms with E-state index in [9.17, 15) is 9.59 Å². The predicted octanol–water partition coefficient (Wildman–Crippen LogP) is 4.10. The fourth-order valence-corrected chi connectivity index (χ4v) is 3.79. The van der Waals surface area contributed by atoms with E-state index in [1.54, 1.807) is 11.0 Å². The molecule has 1 amide bonds. The van der Waals surface area contributed by atoms with Crippen molar-refractivity contribution in [3.8, 4) is 0 Å². The van der Waals surface area contributed by atoms with Crippen LogP contribution in [0.15, 0.2) is 42.7 Å². The molecule has 0 saturated heterocycles. The average molecular weight is 400 g/mol. The summed E-state index contributed by atoms with van der Waals surface area (Å²) in [5.41, 5.74) is 1.74. The quantitative estimate of drug-likeness (QED) is 0.623. The molecule has 1 aliphatic heterocycles. The van der Waals surface area contributed by atoms with E-state index in [2.05, 4.69) is 0 Å². The van der Waals surface area contributed by atoms with Crippen molar-refractivity contribution in [3.63, 3.8) is 0 Å². The van der Waals surface area contributed by atoms with Crippen LogP contribution in [0.5, 0.6) is 0 Å². The molecule has 0 radical (unpaired) electrons. The highest BCUT2D eigenvalue weighted by atomic mass is 35.5. The molecule has 3 heterocycles. The summed E-state index contributed by atoms with van der Waals surface area (Å²) in [5.74, 6) is -0.385. The normalized spacial score (nSPS) is 14.4. The topological polar surface area (TPSA) is 56.5 Å². The van der Waals surface area contributed by atoms with Gasteiger partial charge in [-0.05, 0) is 51.1 Å². The Bertz CT molecular complexity index is 1070. The molecule has 0 saturated carbocycles. The number of carbonyl (C=O) groups is 2. The van der Waals surface area contributed by atoms with Crippen molar-refractivity contribution in [2.24, 2.45) is 0 Å². The molecule has 28 heavy (non-hydrogen) atoms. The maximum absolute atomic E-state index is 12.9. The molecule has 2 aromatic heterocycles. The van der Waals surface area contributed by atoms with Gasteiger partial charge in [0.1, 0.15) is 17.8 Å². The molecule has 0 bridgehead atoms. The molecule has 3 aromatic rings. The lowest BCUT2D eigenvalue weighted by Gasteiger charge is -2.28. The second kappa shape index (κ2) is 6.71. The summed E-state index contributed by atoms with van der Waals surface area (Å²) in [6.07, 6.45) is 3.70. The molecule has 0 N–H and O–H groups in total. The van der Waals surface area contributed by atoms with Gasteiger partial charge in [0.05, 0.1) is 5.02 Å². The molecule has 1 aliphatic rings. The standard InChI is InChI=1S/C21H22ClN3O3/c1-21(2,3)28-18(26)13-24-8-6-14-12-15(4-5-17(14)24)25-11-10-23-9-7-16(22)19(23)20(25)27/h4-9,12H,10-11,13H2,1-3H3. The number of esters is 1. The molecule has 0 unspecified atom stereocenters. The number of nitrogens with zero attached hydrogens (tertiary/aromatic N) is 3. The Kier molecular flexibility index (Phi) is 4.46. The fraction of sp³-hybridized carbons (Fsp3) is 0.333. The van der Waals surface area contributed by atoms with Gasteiger partial charge in [-0.25, -0.2) is 0 Å². The molecular formula is C21H22ClN3O3. The zero-order valence-corrected chi connectivity index (χ0v) is 16.9. The summed E-state index contributed by atoms with van der Waals surface area (Å²) in [5, 5.41) is 1.43. The average Bonchev–Trinajstić information content (AvgIpc) is 3.17. The highest BCUT2D eigenvalue weighted by molar-refractivity contribution is 6.34. The zero-order valence-electron chi connectivity index (χ0n) is 16.1. The van der Waals surface area contributed by atoms with Gasteiger partial charge in [-0.1, -0.05) is 11.6 Å². The minimum Gasteiger partial charge on any atom is -0.459 e. The summed E-state index contributed by atoms with van der Waals surface area (Å²) in [6.45, 7) is 6.98. The molecule has 0 atom stereocenters. The van der Waals surface area contributed by atoms with Gasteiger partial charge in [0.25, 0.3) is 5.91 Å². The van der Waals surface area contributed by atoms with Crippen LogP contribution in [-0.4, -0.2) is 33.2 Å². The first-order valence-electron chi connectivity index (χ1n) is 9.20. The largest absolute Gasteiger partial charge is 0.459 e. The first kappa shape index (κ1) is 18.6. The Hall–Kier alpha value is -2.73. The summed E-state index contributed by atoms with van der Waals surface area (Å²) in [4.78, 5) is 26.8. The van der Waals surface area contributed by atoms with Gasteiger partial charge < -0.3 is 18.8 Å². The van der Waals surface area contributed by atoms with E-state index in [4.69, 9.17) is 16.3 Å². The number of fused-ring (bicyclic) bond motifs is 2. The molecule has 6 nitrogen and oxygen atoms in total. The lowest BCUT2D eigenvalue weighted by molar-refractivity contribution is -0.155. The maximum Gasteiger partial charge on any atom is 0.326 e. The third-order valence-electron chi connectivity index (χ3n) is 4.71. The van der Waals surface area contributed by atoms with Crippen molar-refractivity contribution >= 4 is 40.1 Å². The van der Waals surface area contributed by atoms with Crippen LogP contribution in [0.4, 0.5) is 5.69 Å². The Morgan fingerprint density at radius 3 is 2.68 bits per heavy atom. The van der Waals surface area contributed by atoms with Crippen LogP contribution in [-0.2, 0) is 22.6 Å². The minimum atomic E-state index is -0.513. The number of hydrogen-bond acceptors (Lipinski definition) is 3. The second-order valence-corrected chi connectivity index (χ2v) is 8.34. The Labute approximate surface area is 168 Å². The van der Waals surface area contributed by atoms with E-state index in [-0.39, 0.29) is 18.4 Å². The number of anilines is 1. The lowest BCUT2D eigenvalue weighted by atomic mass is 10.2. The molecule has 4 rings (SSSR count). The summed E-state index contributed by atoms with van der Waals surface area (Å²) < 4.78 is 9.14. The molecule has 0 aliphatic carbocycles. The summed E-state index contributed by atoms with van der Waals surface area (Å²) in [6, 6.07) is 9.48. The minimum absolute atomic E-state index is 0.103. The third kappa shape index (κ3) is 3.40. The highest BCUT2D eigenvalue weighted by Gasteiger charge is 2.28. The van der Waals surface area contributed by atoms with Crippen LogP contribution < -0.4 is 4.90 Å². The van der Waals surface area contributed by atoms with Crippen molar-refractivity contribution in [3.05, 3.63) is 53.4 Å². The van der Waals surface area contributed by atoms with Gasteiger partial charge in [0.15, 0.2) is 0 Å². The zero-order chi connectivity index (χ0) is 20.1. The predicted molar refractivity (Wildman–Crippen MR) is 109 cm³/mol. The van der Waals surface area contributed by atoms with Gasteiger partial charge in [0.2, 0.25) is 0 Å². The van der Waals surface area contributed by atoms with E-state index in [0.717, 1.165) is 16.6 Å². The van der Waals surface area contributed by atoms with Gasteiger partial charge in [-0.15, -0.1) is 0 Å². The Morgan fingerprint density at radius 1 is 1.14 bits per heavy atom. The van der Waals surface area contributed by atoms with Crippen molar-refractivity contribution in [1.82, 2.24) is 9.13 Å². The summed E-state index contributed by atoms with van der Waals surface area (Å²) in [7, 11) is 0. The number of aromatic nitrogens is 2. The number of halogens is 1. The van der Waals surface area contributed by atoms with Crippen molar-refractivity contribution in [2.45, 2.75) is 39.5 Å². The van der Waals surface area contributed by atoms with Crippen LogP contribution in [0.3, 0.4) is 0 Å². The molecule has 1 aromatic carbocycles. The number of carbonyl (C=O) groups excluding carboxylic acids is 2.